The van der Waals surface area contributed by atoms with Crippen LogP contribution in [0.3, 0.4) is 0 Å². The number of halogens is 3. The fourth-order valence-electron chi connectivity index (χ4n) is 3.17. The molecule has 0 aliphatic heterocycles. The van der Waals surface area contributed by atoms with Crippen molar-refractivity contribution in [3.05, 3.63) is 64.2 Å². The Bertz CT molecular complexity index is 1130. The fraction of sp³-hybridized carbons (Fsp3) is 0.360. The monoisotopic (exact) mass is 509 g/mol. The zero-order valence-corrected chi connectivity index (χ0v) is 21.0. The van der Waals surface area contributed by atoms with Crippen LogP contribution in [0, 0.1) is 6.92 Å². The average Bonchev–Trinajstić information content (AvgIpc) is 3.18. The van der Waals surface area contributed by atoms with E-state index in [1.54, 1.807) is 25.6 Å². The Morgan fingerprint density at radius 1 is 1.15 bits per heavy atom. The molecule has 0 bridgehead atoms. The number of hydrogen-bond acceptors (Lipinski definition) is 6. The standard InChI is InChI=1S/C25H26F3NO3S2/c1-5-17-13-20(11-12-21(17)32-16(4)24(30)31-6-2)33-14-22-15(3)29-23(34-22)18-7-9-19(10-8-18)25(26,27)28/h7-13,16H,5-6,14H2,1-4H3. The van der Waals surface area contributed by atoms with E-state index in [1.807, 2.05) is 32.0 Å². The van der Waals surface area contributed by atoms with Crippen molar-refractivity contribution in [3.8, 4) is 16.3 Å². The Balaban J connectivity index is 1.68. The Morgan fingerprint density at radius 2 is 1.85 bits per heavy atom. The van der Waals surface area contributed by atoms with Gasteiger partial charge in [-0.15, -0.1) is 23.1 Å². The van der Waals surface area contributed by atoms with Gasteiger partial charge in [0, 0.05) is 21.1 Å². The van der Waals surface area contributed by atoms with Gasteiger partial charge in [0.15, 0.2) is 6.10 Å². The molecule has 0 fully saturated rings. The summed E-state index contributed by atoms with van der Waals surface area (Å²) in [4.78, 5) is 18.5. The molecule has 0 saturated carbocycles. The van der Waals surface area contributed by atoms with Crippen LogP contribution in [-0.4, -0.2) is 23.7 Å². The van der Waals surface area contributed by atoms with E-state index in [0.29, 0.717) is 28.7 Å². The first kappa shape index (κ1) is 26.1. The van der Waals surface area contributed by atoms with Crippen LogP contribution in [0.1, 0.15) is 42.5 Å². The summed E-state index contributed by atoms with van der Waals surface area (Å²) in [5.74, 6) is 0.950. The van der Waals surface area contributed by atoms with E-state index >= 15 is 0 Å². The summed E-state index contributed by atoms with van der Waals surface area (Å²) < 4.78 is 49.3. The molecule has 0 saturated heterocycles. The van der Waals surface area contributed by atoms with E-state index < -0.39 is 23.8 Å². The lowest BCUT2D eigenvalue weighted by molar-refractivity contribution is -0.150. The van der Waals surface area contributed by atoms with E-state index in [0.717, 1.165) is 39.6 Å². The molecule has 1 heterocycles. The molecule has 9 heteroatoms. The Hall–Kier alpha value is -2.52. The number of aromatic nitrogens is 1. The number of aryl methyl sites for hydroxylation is 2. The van der Waals surface area contributed by atoms with Gasteiger partial charge in [0.25, 0.3) is 0 Å². The second-order valence-corrected chi connectivity index (χ2v) is 9.66. The summed E-state index contributed by atoms with van der Waals surface area (Å²) in [6, 6.07) is 10.9. The topological polar surface area (TPSA) is 48.4 Å². The predicted octanol–water partition coefficient (Wildman–Crippen LogP) is 7.32. The maximum absolute atomic E-state index is 12.8. The fourth-order valence-corrected chi connectivity index (χ4v) is 5.34. The molecule has 182 valence electrons. The molecular formula is C25H26F3NO3S2. The van der Waals surface area contributed by atoms with Crippen molar-refractivity contribution >= 4 is 29.1 Å². The van der Waals surface area contributed by atoms with Crippen LogP contribution in [0.15, 0.2) is 47.4 Å². The summed E-state index contributed by atoms with van der Waals surface area (Å²) in [5, 5.41) is 0.702. The van der Waals surface area contributed by atoms with E-state index in [4.69, 9.17) is 9.47 Å². The van der Waals surface area contributed by atoms with Gasteiger partial charge in [-0.2, -0.15) is 13.2 Å². The van der Waals surface area contributed by atoms with Gasteiger partial charge in [-0.1, -0.05) is 19.1 Å². The van der Waals surface area contributed by atoms with E-state index in [-0.39, 0.29) is 0 Å². The first-order valence-electron chi connectivity index (χ1n) is 10.8. The van der Waals surface area contributed by atoms with Crippen LogP contribution in [0.4, 0.5) is 13.2 Å². The van der Waals surface area contributed by atoms with Crippen LogP contribution < -0.4 is 4.74 Å². The number of carbonyl (C=O) groups excluding carboxylic acids is 1. The van der Waals surface area contributed by atoms with Crippen molar-refractivity contribution in [2.75, 3.05) is 6.61 Å². The molecule has 0 N–H and O–H groups in total. The second-order valence-electron chi connectivity index (χ2n) is 7.53. The molecule has 1 atom stereocenters. The SMILES string of the molecule is CCOC(=O)C(C)Oc1ccc(SCc2sc(-c3ccc(C(F)(F)F)cc3)nc2C)cc1CC. The molecule has 0 aliphatic rings. The molecule has 4 nitrogen and oxygen atoms in total. The van der Waals surface area contributed by atoms with Crippen LogP contribution in [0.2, 0.25) is 0 Å². The molecule has 3 aromatic rings. The molecule has 0 radical (unpaired) electrons. The van der Waals surface area contributed by atoms with Crippen molar-refractivity contribution in [1.29, 1.82) is 0 Å². The van der Waals surface area contributed by atoms with E-state index in [1.165, 1.54) is 23.5 Å². The van der Waals surface area contributed by atoms with Crippen LogP contribution >= 0.6 is 23.1 Å². The lowest BCUT2D eigenvalue weighted by Gasteiger charge is -2.16. The maximum Gasteiger partial charge on any atom is 0.416 e. The molecule has 1 unspecified atom stereocenters. The number of hydrogen-bond donors (Lipinski definition) is 0. The van der Waals surface area contributed by atoms with E-state index in [2.05, 4.69) is 4.98 Å². The smallest absolute Gasteiger partial charge is 0.416 e. The molecule has 34 heavy (non-hydrogen) atoms. The van der Waals surface area contributed by atoms with Crippen molar-refractivity contribution in [2.45, 2.75) is 57.0 Å². The Kier molecular flexibility index (Phi) is 8.65. The van der Waals surface area contributed by atoms with Crippen molar-refractivity contribution < 1.29 is 27.4 Å². The van der Waals surface area contributed by atoms with Gasteiger partial charge in [0.1, 0.15) is 10.8 Å². The Morgan fingerprint density at radius 3 is 2.47 bits per heavy atom. The summed E-state index contributed by atoms with van der Waals surface area (Å²) in [6.45, 7) is 7.66. The highest BCUT2D eigenvalue weighted by Crippen LogP contribution is 2.36. The number of ether oxygens (including phenoxy) is 2. The zero-order chi connectivity index (χ0) is 24.9. The van der Waals surface area contributed by atoms with Gasteiger partial charge in [-0.3, -0.25) is 0 Å². The highest BCUT2D eigenvalue weighted by Gasteiger charge is 2.30. The third-order valence-corrected chi connectivity index (χ3v) is 7.47. The number of carbonyl (C=O) groups is 1. The van der Waals surface area contributed by atoms with Crippen LogP contribution in [0.5, 0.6) is 5.75 Å². The quantitative estimate of drug-likeness (QED) is 0.223. The zero-order valence-electron chi connectivity index (χ0n) is 19.4. The number of rotatable bonds is 9. The first-order valence-corrected chi connectivity index (χ1v) is 12.7. The van der Waals surface area contributed by atoms with Gasteiger partial charge >= 0.3 is 12.1 Å². The summed E-state index contributed by atoms with van der Waals surface area (Å²) in [7, 11) is 0. The number of benzene rings is 2. The third-order valence-electron chi connectivity index (χ3n) is 5.06. The molecule has 0 spiro atoms. The minimum absolute atomic E-state index is 0.306. The molecule has 0 amide bonds. The number of alkyl halides is 3. The number of thioether (sulfide) groups is 1. The van der Waals surface area contributed by atoms with Crippen molar-refractivity contribution in [1.82, 2.24) is 4.98 Å². The van der Waals surface area contributed by atoms with Gasteiger partial charge in [-0.05, 0) is 63.1 Å². The van der Waals surface area contributed by atoms with Gasteiger partial charge < -0.3 is 9.47 Å². The Labute approximate surface area is 205 Å². The summed E-state index contributed by atoms with van der Waals surface area (Å²) in [6.07, 6.45) is -4.29. The van der Waals surface area contributed by atoms with Gasteiger partial charge in [0.05, 0.1) is 17.9 Å². The minimum atomic E-state index is -4.35. The lowest BCUT2D eigenvalue weighted by Crippen LogP contribution is -2.26. The van der Waals surface area contributed by atoms with Crippen molar-refractivity contribution in [2.24, 2.45) is 0 Å². The third kappa shape index (κ3) is 6.54. The van der Waals surface area contributed by atoms with Crippen LogP contribution in [0.25, 0.3) is 10.6 Å². The van der Waals surface area contributed by atoms with Gasteiger partial charge in [0.2, 0.25) is 0 Å². The molecule has 0 aliphatic carbocycles. The summed E-state index contributed by atoms with van der Waals surface area (Å²) >= 11 is 3.13. The molecule has 3 rings (SSSR count). The maximum atomic E-state index is 12.8. The molecule has 1 aromatic heterocycles. The summed E-state index contributed by atoms with van der Waals surface area (Å²) in [5.41, 5.74) is 1.86. The molecular weight excluding hydrogens is 483 g/mol. The van der Waals surface area contributed by atoms with Gasteiger partial charge in [-0.25, -0.2) is 9.78 Å². The highest BCUT2D eigenvalue weighted by molar-refractivity contribution is 7.98. The van der Waals surface area contributed by atoms with E-state index in [9.17, 15) is 18.0 Å². The lowest BCUT2D eigenvalue weighted by atomic mass is 10.1. The molecule has 2 aromatic carbocycles. The van der Waals surface area contributed by atoms with Crippen molar-refractivity contribution in [3.63, 3.8) is 0 Å². The second kappa shape index (κ2) is 11.3. The average molecular weight is 510 g/mol. The highest BCUT2D eigenvalue weighted by atomic mass is 32.2. The number of nitrogens with zero attached hydrogens (tertiary/aromatic N) is 1. The van der Waals surface area contributed by atoms with Crippen LogP contribution in [-0.2, 0) is 27.9 Å². The number of esters is 1. The minimum Gasteiger partial charge on any atom is -0.479 e. The predicted molar refractivity (Wildman–Crippen MR) is 129 cm³/mol. The largest absolute Gasteiger partial charge is 0.479 e. The number of thiazole rings is 1. The first-order chi connectivity index (χ1) is 16.1. The normalized spacial score (nSPS) is 12.4.